The van der Waals surface area contributed by atoms with E-state index in [1.807, 2.05) is 6.08 Å². The average molecular weight is 1720 g/mol. The van der Waals surface area contributed by atoms with Crippen LogP contribution < -0.4 is 16.0 Å². The Kier molecular flexibility index (Phi) is 50.4. The van der Waals surface area contributed by atoms with Gasteiger partial charge in [0, 0.05) is 20.3 Å². The fraction of sp³-hybridized carbons (Fsp3) is 0.917. The maximum Gasteiger partial charge on any atom is 0.220 e. The summed E-state index contributed by atoms with van der Waals surface area (Å²) in [5.74, 6) is -2.02. The van der Waals surface area contributed by atoms with Crippen LogP contribution in [0.4, 0.5) is 0 Å². The van der Waals surface area contributed by atoms with Crippen molar-refractivity contribution in [1.29, 1.82) is 0 Å². The number of aliphatic hydroxyl groups excluding tert-OH is 17. The number of unbranched alkanes of at least 4 members (excludes halogenated alkanes) is 30. The first-order chi connectivity index (χ1) is 57.3. The van der Waals surface area contributed by atoms with Crippen molar-refractivity contribution < 1.29 is 158 Å². The number of carbonyl (C=O) groups is 3. The molecule has 0 aromatic carbocycles. The van der Waals surface area contributed by atoms with E-state index in [4.69, 9.17) is 56.8 Å². The first-order valence-corrected chi connectivity index (χ1v) is 44.5. The fourth-order valence-electron chi connectivity index (χ4n) is 16.1. The van der Waals surface area contributed by atoms with Crippen molar-refractivity contribution in [3.63, 3.8) is 0 Å². The van der Waals surface area contributed by atoms with Gasteiger partial charge in [0.1, 0.15) is 140 Å². The summed E-state index contributed by atoms with van der Waals surface area (Å²) in [6, 6.07) is -4.64. The van der Waals surface area contributed by atoms with Gasteiger partial charge in [0.05, 0.1) is 57.9 Å². The lowest BCUT2D eigenvalue weighted by Gasteiger charge is -2.51. The number of nitrogens with one attached hydrogen (secondary N) is 3. The molecule has 6 aliphatic rings. The second kappa shape index (κ2) is 57.4. The summed E-state index contributed by atoms with van der Waals surface area (Å²) in [5, 5.41) is 199. The van der Waals surface area contributed by atoms with Crippen LogP contribution in [0.2, 0.25) is 0 Å². The quantitative estimate of drug-likeness (QED) is 0.0303. The van der Waals surface area contributed by atoms with Crippen molar-refractivity contribution in [1.82, 2.24) is 16.0 Å². The van der Waals surface area contributed by atoms with Gasteiger partial charge < -0.3 is 160 Å². The van der Waals surface area contributed by atoms with Crippen LogP contribution >= 0.6 is 0 Å². The monoisotopic (exact) mass is 1710 g/mol. The molecule has 6 fully saturated rings. The zero-order chi connectivity index (χ0) is 86.9. The van der Waals surface area contributed by atoms with Crippen LogP contribution in [0.5, 0.6) is 0 Å². The van der Waals surface area contributed by atoms with Crippen LogP contribution in [0.3, 0.4) is 0 Å². The van der Waals surface area contributed by atoms with Crippen molar-refractivity contribution >= 4 is 17.7 Å². The molecule has 35 nitrogen and oxygen atoms in total. The van der Waals surface area contributed by atoms with Gasteiger partial charge in [0.2, 0.25) is 17.7 Å². The molecule has 6 heterocycles. The van der Waals surface area contributed by atoms with Crippen molar-refractivity contribution in [2.45, 2.75) is 449 Å². The van der Waals surface area contributed by atoms with Crippen LogP contribution in [0.1, 0.15) is 253 Å². The predicted octanol–water partition coefficient (Wildman–Crippen LogP) is 1.50. The van der Waals surface area contributed by atoms with E-state index < -0.39 is 248 Å². The SMILES string of the molecule is CCCCCCCC/C=C\CCCCCCCCCCCCCCCC(=O)N[C@@H](CO[C@@H]1OC(CO)[C@@H](O[C@@H]2OC(CO)[C@H](O)[C@H](O[C@@H]3OC(CO)[C@@H](O[C@@H]4OC(CO)[C@H](O)[C@H](O[C@@H]5OC(CO)[C@H](O)[C@H](O)C5NC(C)=O)C4O[C@H]4OC(C)[C@@H](O)C(O)[C@@H]4O)[C@H](O)C3NC(C)=O)C2O)[C@H](O)C1O)[C@H](O)/C=C/CCCCCCCCCCCCC. The van der Waals surface area contributed by atoms with E-state index in [0.717, 1.165) is 65.2 Å². The molecule has 35 heteroatoms. The van der Waals surface area contributed by atoms with Gasteiger partial charge in [-0.3, -0.25) is 14.4 Å². The molecule has 0 aromatic rings. The van der Waals surface area contributed by atoms with Crippen LogP contribution in [-0.4, -0.2) is 340 Å². The second-order valence-electron chi connectivity index (χ2n) is 33.1. The van der Waals surface area contributed by atoms with Gasteiger partial charge >= 0.3 is 0 Å². The maximum absolute atomic E-state index is 13.6. The van der Waals surface area contributed by atoms with Gasteiger partial charge in [-0.25, -0.2) is 0 Å². The first kappa shape index (κ1) is 105. The minimum atomic E-state index is -2.22. The molecular weight excluding hydrogens is 1560 g/mol. The Morgan fingerprint density at radius 2 is 0.706 bits per heavy atom. The molecule has 0 aromatic heterocycles. The zero-order valence-electron chi connectivity index (χ0n) is 70.8. The van der Waals surface area contributed by atoms with Crippen LogP contribution in [0.25, 0.3) is 0 Å². The molecule has 12 unspecified atom stereocenters. The molecule has 20 N–H and O–H groups in total. The van der Waals surface area contributed by atoms with Crippen molar-refractivity contribution in [2.24, 2.45) is 0 Å². The van der Waals surface area contributed by atoms with Crippen molar-refractivity contribution in [3.05, 3.63) is 24.3 Å². The molecule has 0 bridgehead atoms. The lowest BCUT2D eigenvalue weighted by molar-refractivity contribution is -0.402. The Hall–Kier alpha value is -3.27. The normalized spacial score (nSPS) is 35.8. The standard InChI is InChI=1S/C84H151N3O32/c1-6-8-10-12-14-16-18-20-21-22-23-24-25-26-27-28-29-31-33-35-37-39-41-43-60(96)87-53(54(95)42-40-38-36-34-32-30-19-17-15-13-11-9-7-2)49-108-81-72(106)70(104)75(59(48-92)114-81)115-83-73(107)76(65(99)56(45-89)111-83)117-80-62(86-52(5)94)68(102)74(58(47-91)113-80)116-84-78(119-82-71(105)69(103)63(97)50(3)109-82)77(66(100)57(46-90)112-84)118-79-61(85-51(4)93)67(101)64(98)55(44-88)110-79/h20-21,40,42,50,53-59,61-84,88-92,95,97-107H,6-19,22-39,41,43-49H2,1-5H3,(H,85,93)(H,86,94)(H,87,96)/b21-20-,42-40+/t50?,53-,54+,55?,56?,57?,58?,59?,61?,62?,63+,64-,65-,66-,67+,68+,69?,70+,71-,72?,73?,74+,75+,76-,77-,78?,79-,80-,81+,82+,83-,84-/m0/s1. The predicted molar refractivity (Wildman–Crippen MR) is 429 cm³/mol. The number of ether oxygens (including phenoxy) is 12. The zero-order valence-corrected chi connectivity index (χ0v) is 70.8. The Morgan fingerprint density at radius 1 is 0.345 bits per heavy atom. The van der Waals surface area contributed by atoms with Gasteiger partial charge in [0.25, 0.3) is 0 Å². The van der Waals surface area contributed by atoms with Gasteiger partial charge in [0.15, 0.2) is 37.7 Å². The van der Waals surface area contributed by atoms with E-state index in [-0.39, 0.29) is 12.3 Å². The van der Waals surface area contributed by atoms with Gasteiger partial charge in [-0.05, 0) is 51.9 Å². The molecule has 3 amide bonds. The average Bonchev–Trinajstić information content (AvgIpc) is 0.760. The smallest absolute Gasteiger partial charge is 0.220 e. The summed E-state index contributed by atoms with van der Waals surface area (Å²) in [6.45, 7) is 2.30. The number of hydrogen-bond donors (Lipinski definition) is 20. The third-order valence-electron chi connectivity index (χ3n) is 23.4. The van der Waals surface area contributed by atoms with Crippen molar-refractivity contribution in [2.75, 3.05) is 39.6 Å². The highest BCUT2D eigenvalue weighted by molar-refractivity contribution is 5.76. The Labute approximate surface area is 702 Å². The van der Waals surface area contributed by atoms with E-state index in [9.17, 15) is 101 Å². The molecule has 0 spiro atoms. The lowest BCUT2D eigenvalue weighted by atomic mass is 9.93. The fourth-order valence-corrected chi connectivity index (χ4v) is 16.1. The molecule has 119 heavy (non-hydrogen) atoms. The van der Waals surface area contributed by atoms with E-state index in [1.165, 1.54) is 155 Å². The molecule has 6 aliphatic heterocycles. The molecule has 6 saturated heterocycles. The van der Waals surface area contributed by atoms with Gasteiger partial charge in [-0.15, -0.1) is 0 Å². The van der Waals surface area contributed by atoms with Crippen LogP contribution in [-0.2, 0) is 71.2 Å². The molecule has 0 radical (unpaired) electrons. The topological polar surface area (TPSA) is 542 Å². The highest BCUT2D eigenvalue weighted by Crippen LogP contribution is 2.39. The Morgan fingerprint density at radius 3 is 1.19 bits per heavy atom. The minimum absolute atomic E-state index is 0.171. The van der Waals surface area contributed by atoms with E-state index in [1.54, 1.807) is 6.08 Å². The molecule has 0 saturated carbocycles. The van der Waals surface area contributed by atoms with Crippen molar-refractivity contribution in [3.8, 4) is 0 Å². The molecule has 694 valence electrons. The summed E-state index contributed by atoms with van der Waals surface area (Å²) in [7, 11) is 0. The van der Waals surface area contributed by atoms with E-state index in [2.05, 4.69) is 41.9 Å². The third kappa shape index (κ3) is 33.8. The summed E-state index contributed by atoms with van der Waals surface area (Å²) >= 11 is 0. The van der Waals surface area contributed by atoms with Gasteiger partial charge in [-0.1, -0.05) is 205 Å². The van der Waals surface area contributed by atoms with Gasteiger partial charge in [-0.2, -0.15) is 0 Å². The van der Waals surface area contributed by atoms with E-state index in [0.29, 0.717) is 12.8 Å². The number of allylic oxidation sites excluding steroid dienone is 3. The highest BCUT2D eigenvalue weighted by Gasteiger charge is 2.59. The number of aliphatic hydroxyl groups is 17. The summed E-state index contributed by atoms with van der Waals surface area (Å²) in [5.41, 5.74) is 0. The molecule has 6 rings (SSSR count). The molecular formula is C84H151N3O32. The largest absolute Gasteiger partial charge is 0.394 e. The first-order valence-electron chi connectivity index (χ1n) is 44.5. The number of carbonyl (C=O) groups excluding carboxylic acids is 3. The van der Waals surface area contributed by atoms with Crippen LogP contribution in [0, 0.1) is 0 Å². The Bertz CT molecular complexity index is 2780. The lowest BCUT2D eigenvalue weighted by Crippen LogP contribution is -2.71. The highest BCUT2D eigenvalue weighted by atomic mass is 16.8. The second-order valence-corrected chi connectivity index (χ2v) is 33.1. The third-order valence-corrected chi connectivity index (χ3v) is 23.4. The molecule has 0 aliphatic carbocycles. The number of amides is 3. The summed E-state index contributed by atoms with van der Waals surface area (Å²) in [4.78, 5) is 39.2. The number of rotatable bonds is 58. The number of hydrogen-bond acceptors (Lipinski definition) is 32. The minimum Gasteiger partial charge on any atom is -0.394 e. The summed E-state index contributed by atoms with van der Waals surface area (Å²) < 4.78 is 72.4. The summed E-state index contributed by atoms with van der Waals surface area (Å²) in [6.07, 6.45) is -8.14. The van der Waals surface area contributed by atoms with E-state index >= 15 is 0 Å². The molecule has 32 atom stereocenters. The maximum atomic E-state index is 13.6. The Balaban J connectivity index is 1.09. The van der Waals surface area contributed by atoms with Crippen LogP contribution in [0.15, 0.2) is 24.3 Å².